The van der Waals surface area contributed by atoms with Crippen molar-refractivity contribution >= 4 is 28.5 Å². The highest BCUT2D eigenvalue weighted by molar-refractivity contribution is 6.30. The van der Waals surface area contributed by atoms with E-state index in [9.17, 15) is 9.59 Å². The van der Waals surface area contributed by atoms with Gasteiger partial charge in [-0.25, -0.2) is 0 Å². The van der Waals surface area contributed by atoms with Gasteiger partial charge in [-0.1, -0.05) is 35.9 Å². The Morgan fingerprint density at radius 3 is 2.69 bits per heavy atom. The summed E-state index contributed by atoms with van der Waals surface area (Å²) in [5.41, 5.74) is 0.154. The molecule has 1 heterocycles. The van der Waals surface area contributed by atoms with Crippen molar-refractivity contribution in [2.24, 2.45) is 0 Å². The van der Waals surface area contributed by atoms with Gasteiger partial charge in [-0.2, -0.15) is 0 Å². The van der Waals surface area contributed by atoms with Crippen molar-refractivity contribution in [1.82, 2.24) is 5.32 Å². The van der Waals surface area contributed by atoms with Gasteiger partial charge in [-0.3, -0.25) is 9.59 Å². The Labute approximate surface area is 155 Å². The van der Waals surface area contributed by atoms with E-state index in [1.165, 1.54) is 6.07 Å². The number of methoxy groups -OCH3 is 1. The summed E-state index contributed by atoms with van der Waals surface area (Å²) in [5.74, 6) is -0.531. The van der Waals surface area contributed by atoms with Crippen LogP contribution in [0.4, 0.5) is 0 Å². The third kappa shape index (κ3) is 3.64. The lowest BCUT2D eigenvalue weighted by Crippen LogP contribution is -2.40. The minimum Gasteiger partial charge on any atom is -0.451 e. The Balaban J connectivity index is 1.82. The Bertz CT molecular complexity index is 1010. The van der Waals surface area contributed by atoms with E-state index < -0.39 is 11.5 Å². The van der Waals surface area contributed by atoms with Crippen molar-refractivity contribution < 1.29 is 13.9 Å². The van der Waals surface area contributed by atoms with Crippen molar-refractivity contribution in [3.8, 4) is 0 Å². The van der Waals surface area contributed by atoms with Crippen molar-refractivity contribution in [2.45, 2.75) is 12.5 Å². The van der Waals surface area contributed by atoms with Gasteiger partial charge in [0, 0.05) is 18.2 Å². The normalized spacial score (nSPS) is 13.3. The zero-order chi connectivity index (χ0) is 18.7. The van der Waals surface area contributed by atoms with Crippen LogP contribution in [0.5, 0.6) is 0 Å². The number of ether oxygens (including phenoxy) is 1. The first-order valence-electron chi connectivity index (χ1n) is 8.05. The maximum atomic E-state index is 12.5. The summed E-state index contributed by atoms with van der Waals surface area (Å²) in [6.45, 7) is 2.02. The highest BCUT2D eigenvalue weighted by atomic mass is 35.5. The first-order valence-corrected chi connectivity index (χ1v) is 8.43. The highest BCUT2D eigenvalue weighted by Gasteiger charge is 2.28. The summed E-state index contributed by atoms with van der Waals surface area (Å²) in [6, 6.07) is 15.2. The molecule has 0 bridgehead atoms. The summed E-state index contributed by atoms with van der Waals surface area (Å²) < 4.78 is 11.1. The molecule has 0 radical (unpaired) electrons. The number of amides is 1. The number of hydrogen-bond acceptors (Lipinski definition) is 4. The number of benzene rings is 2. The van der Waals surface area contributed by atoms with Crippen LogP contribution in [-0.2, 0) is 10.3 Å². The van der Waals surface area contributed by atoms with Gasteiger partial charge in [-0.15, -0.1) is 0 Å². The van der Waals surface area contributed by atoms with Gasteiger partial charge < -0.3 is 14.5 Å². The monoisotopic (exact) mass is 371 g/mol. The van der Waals surface area contributed by atoms with Gasteiger partial charge in [0.2, 0.25) is 0 Å². The molecule has 1 aromatic heterocycles. The Kier molecular flexibility index (Phi) is 5.11. The predicted molar refractivity (Wildman–Crippen MR) is 101 cm³/mol. The SMILES string of the molecule is COC(C)(CNC(=O)c1cc(=O)c2ccccc2o1)c1cccc(Cl)c1. The van der Waals surface area contributed by atoms with Gasteiger partial charge in [-0.05, 0) is 36.8 Å². The van der Waals surface area contributed by atoms with Crippen molar-refractivity contribution in [3.63, 3.8) is 0 Å². The van der Waals surface area contributed by atoms with E-state index in [0.717, 1.165) is 5.56 Å². The first-order chi connectivity index (χ1) is 12.4. The molecule has 1 unspecified atom stereocenters. The maximum absolute atomic E-state index is 12.5. The molecule has 3 rings (SSSR count). The van der Waals surface area contributed by atoms with Gasteiger partial charge in [0.15, 0.2) is 11.2 Å². The van der Waals surface area contributed by atoms with E-state index in [1.807, 2.05) is 19.1 Å². The second kappa shape index (κ2) is 7.32. The van der Waals surface area contributed by atoms with E-state index >= 15 is 0 Å². The van der Waals surface area contributed by atoms with Crippen LogP contribution in [0, 0.1) is 0 Å². The topological polar surface area (TPSA) is 68.5 Å². The number of nitrogens with one attached hydrogen (secondary N) is 1. The van der Waals surface area contributed by atoms with E-state index in [4.69, 9.17) is 20.8 Å². The average molecular weight is 372 g/mol. The maximum Gasteiger partial charge on any atom is 0.287 e. The van der Waals surface area contributed by atoms with E-state index in [0.29, 0.717) is 16.0 Å². The van der Waals surface area contributed by atoms with Crippen molar-refractivity contribution in [1.29, 1.82) is 0 Å². The zero-order valence-electron chi connectivity index (χ0n) is 14.4. The summed E-state index contributed by atoms with van der Waals surface area (Å²) in [5, 5.41) is 3.78. The Morgan fingerprint density at radius 1 is 1.19 bits per heavy atom. The van der Waals surface area contributed by atoms with Crippen molar-refractivity contribution in [2.75, 3.05) is 13.7 Å². The van der Waals surface area contributed by atoms with Crippen LogP contribution in [0.3, 0.4) is 0 Å². The van der Waals surface area contributed by atoms with Gasteiger partial charge >= 0.3 is 0 Å². The molecule has 1 atom stereocenters. The minimum atomic E-state index is -0.780. The summed E-state index contributed by atoms with van der Waals surface area (Å²) in [7, 11) is 1.56. The molecule has 0 aliphatic rings. The fourth-order valence-electron chi connectivity index (χ4n) is 2.66. The molecule has 0 aliphatic heterocycles. The summed E-state index contributed by atoms with van der Waals surface area (Å²) in [6.07, 6.45) is 0. The van der Waals surface area contributed by atoms with Gasteiger partial charge in [0.1, 0.15) is 11.2 Å². The largest absolute Gasteiger partial charge is 0.451 e. The van der Waals surface area contributed by atoms with Crippen LogP contribution in [0.2, 0.25) is 5.02 Å². The number of halogens is 1. The van der Waals surface area contributed by atoms with Crippen LogP contribution in [0.1, 0.15) is 23.0 Å². The van der Waals surface area contributed by atoms with E-state index in [-0.39, 0.29) is 17.7 Å². The standard InChI is InChI=1S/C20H18ClNO4/c1-20(25-2,13-6-5-7-14(21)10-13)12-22-19(24)18-11-16(23)15-8-3-4-9-17(15)26-18/h3-11H,12H2,1-2H3,(H,22,24). The van der Waals surface area contributed by atoms with Crippen molar-refractivity contribution in [3.05, 3.63) is 81.2 Å². The lowest BCUT2D eigenvalue weighted by Gasteiger charge is -2.29. The average Bonchev–Trinajstić information content (AvgIpc) is 2.65. The Hall–Kier alpha value is -2.63. The molecule has 1 amide bonds. The second-order valence-electron chi connectivity index (χ2n) is 6.10. The first kappa shape index (κ1) is 18.2. The molecule has 3 aromatic rings. The molecular formula is C20H18ClNO4. The number of hydrogen-bond donors (Lipinski definition) is 1. The predicted octanol–water partition coefficient (Wildman–Crippen LogP) is 3.74. The van der Waals surface area contributed by atoms with E-state index in [2.05, 4.69) is 5.32 Å². The molecule has 0 saturated heterocycles. The molecule has 2 aromatic carbocycles. The fraction of sp³-hybridized carbons (Fsp3) is 0.200. The molecule has 0 saturated carbocycles. The molecule has 6 heteroatoms. The quantitative estimate of drug-likeness (QED) is 0.741. The minimum absolute atomic E-state index is 0.0433. The third-order valence-electron chi connectivity index (χ3n) is 4.33. The Morgan fingerprint density at radius 2 is 1.96 bits per heavy atom. The number of carbonyl (C=O) groups is 1. The molecule has 5 nitrogen and oxygen atoms in total. The molecule has 0 spiro atoms. The lowest BCUT2D eigenvalue weighted by atomic mass is 9.95. The molecule has 0 fully saturated rings. The lowest BCUT2D eigenvalue weighted by molar-refractivity contribution is 0.00294. The van der Waals surface area contributed by atoms with Gasteiger partial charge in [0.05, 0.1) is 11.9 Å². The van der Waals surface area contributed by atoms with Crippen LogP contribution in [0.15, 0.2) is 63.8 Å². The number of para-hydroxylation sites is 1. The molecule has 134 valence electrons. The summed E-state index contributed by atoms with van der Waals surface area (Å²) in [4.78, 5) is 24.6. The number of fused-ring (bicyclic) bond motifs is 1. The second-order valence-corrected chi connectivity index (χ2v) is 6.54. The third-order valence-corrected chi connectivity index (χ3v) is 4.57. The van der Waals surface area contributed by atoms with Crippen LogP contribution in [-0.4, -0.2) is 19.6 Å². The highest BCUT2D eigenvalue weighted by Crippen LogP contribution is 2.26. The summed E-state index contributed by atoms with van der Waals surface area (Å²) >= 11 is 6.05. The van der Waals surface area contributed by atoms with E-state index in [1.54, 1.807) is 43.5 Å². The number of rotatable bonds is 5. The molecule has 1 N–H and O–H groups in total. The smallest absolute Gasteiger partial charge is 0.287 e. The van der Waals surface area contributed by atoms with Crippen LogP contribution in [0.25, 0.3) is 11.0 Å². The van der Waals surface area contributed by atoms with Gasteiger partial charge in [0.25, 0.3) is 5.91 Å². The van der Waals surface area contributed by atoms with Crippen LogP contribution < -0.4 is 10.7 Å². The molecular weight excluding hydrogens is 354 g/mol. The molecule has 26 heavy (non-hydrogen) atoms. The zero-order valence-corrected chi connectivity index (χ0v) is 15.2. The fourth-order valence-corrected chi connectivity index (χ4v) is 2.85. The number of carbonyl (C=O) groups excluding carboxylic acids is 1. The van der Waals surface area contributed by atoms with Crippen LogP contribution >= 0.6 is 11.6 Å². The molecule has 0 aliphatic carbocycles.